The summed E-state index contributed by atoms with van der Waals surface area (Å²) in [5, 5.41) is 4.99. The minimum atomic E-state index is -0.0457. The maximum atomic E-state index is 12.1. The Morgan fingerprint density at radius 1 is 1.14 bits per heavy atom. The van der Waals surface area contributed by atoms with E-state index in [1.54, 1.807) is 12.5 Å². The molecule has 0 unspecified atom stereocenters. The van der Waals surface area contributed by atoms with Crippen LogP contribution in [0, 0.1) is 0 Å². The molecule has 0 bridgehead atoms. The van der Waals surface area contributed by atoms with Crippen LogP contribution in [0.5, 0.6) is 0 Å². The molecule has 36 heavy (non-hydrogen) atoms. The zero-order valence-corrected chi connectivity index (χ0v) is 19.8. The van der Waals surface area contributed by atoms with Crippen LogP contribution >= 0.6 is 0 Å². The summed E-state index contributed by atoms with van der Waals surface area (Å²) in [7, 11) is 0. The van der Waals surface area contributed by atoms with E-state index in [2.05, 4.69) is 27.6 Å². The summed E-state index contributed by atoms with van der Waals surface area (Å²) in [6, 6.07) is 10.2. The van der Waals surface area contributed by atoms with E-state index in [1.165, 1.54) is 18.9 Å². The minimum absolute atomic E-state index is 0.0457. The number of aromatic nitrogens is 5. The first kappa shape index (κ1) is 22.2. The summed E-state index contributed by atoms with van der Waals surface area (Å²) in [4.78, 5) is 26.8. The van der Waals surface area contributed by atoms with Gasteiger partial charge in [-0.15, -0.1) is 0 Å². The summed E-state index contributed by atoms with van der Waals surface area (Å²) in [5.41, 5.74) is 4.56. The molecular formula is C28H26N6O2. The van der Waals surface area contributed by atoms with Crippen molar-refractivity contribution in [2.24, 2.45) is 0 Å². The average molecular weight is 479 g/mol. The first-order valence-corrected chi connectivity index (χ1v) is 12.2. The topological polar surface area (TPSA) is 89.9 Å². The predicted molar refractivity (Wildman–Crippen MR) is 137 cm³/mol. The summed E-state index contributed by atoms with van der Waals surface area (Å²) in [6.45, 7) is 4.91. The zero-order chi connectivity index (χ0) is 24.5. The van der Waals surface area contributed by atoms with Crippen molar-refractivity contribution in [2.45, 2.75) is 31.2 Å². The molecule has 2 fully saturated rings. The highest BCUT2D eigenvalue weighted by Gasteiger charge is 2.28. The second-order valence-corrected chi connectivity index (χ2v) is 9.23. The standard InChI is InChI=1S/C28H26N6O2/c1-2-27(35)33-13-11-22(16-33)34-17-23(24-10-12-29-18-31-24)28(32-34)21-5-3-4-19(14-21)6-9-26-30-15-25(36-26)20-7-8-20/h2-6,9-10,12,14-15,17-18,20,22H,1,7-8,11,13,16H2/b9-6+/t22-/m0/s1. The third kappa shape index (κ3) is 4.49. The maximum absolute atomic E-state index is 12.1. The van der Waals surface area contributed by atoms with Crippen LogP contribution in [-0.2, 0) is 4.79 Å². The van der Waals surface area contributed by atoms with Crippen LogP contribution < -0.4 is 0 Å². The Hall–Kier alpha value is -4.33. The van der Waals surface area contributed by atoms with E-state index in [9.17, 15) is 4.79 Å². The monoisotopic (exact) mass is 478 g/mol. The number of hydrogen-bond acceptors (Lipinski definition) is 6. The lowest BCUT2D eigenvalue weighted by atomic mass is 10.0. The normalized spacial score (nSPS) is 17.7. The van der Waals surface area contributed by atoms with E-state index in [0.717, 1.165) is 40.3 Å². The molecule has 0 spiro atoms. The number of nitrogens with zero attached hydrogens (tertiary/aromatic N) is 6. The molecule has 1 amide bonds. The van der Waals surface area contributed by atoms with Gasteiger partial charge in [0.15, 0.2) is 0 Å². The Morgan fingerprint density at radius 3 is 2.86 bits per heavy atom. The Labute approximate surface area is 209 Å². The molecular weight excluding hydrogens is 452 g/mol. The van der Waals surface area contributed by atoms with Crippen LogP contribution in [0.4, 0.5) is 0 Å². The predicted octanol–water partition coefficient (Wildman–Crippen LogP) is 5.00. The average Bonchev–Trinajstić information content (AvgIpc) is 3.31. The van der Waals surface area contributed by atoms with Crippen molar-refractivity contribution in [1.82, 2.24) is 29.6 Å². The Morgan fingerprint density at radius 2 is 2.06 bits per heavy atom. The number of amides is 1. The first-order chi connectivity index (χ1) is 17.7. The number of hydrogen-bond donors (Lipinski definition) is 0. The van der Waals surface area contributed by atoms with Gasteiger partial charge < -0.3 is 9.32 Å². The number of likely N-dealkylation sites (tertiary alicyclic amines) is 1. The lowest BCUT2D eigenvalue weighted by Gasteiger charge is -2.14. The van der Waals surface area contributed by atoms with Gasteiger partial charge in [0.05, 0.1) is 17.9 Å². The van der Waals surface area contributed by atoms with Crippen LogP contribution in [-0.4, -0.2) is 48.6 Å². The highest BCUT2D eigenvalue weighted by Crippen LogP contribution is 2.40. The van der Waals surface area contributed by atoms with Crippen molar-refractivity contribution in [2.75, 3.05) is 13.1 Å². The molecule has 0 N–H and O–H groups in total. The first-order valence-electron chi connectivity index (χ1n) is 12.2. The molecule has 180 valence electrons. The number of carbonyl (C=O) groups excluding carboxylic acids is 1. The second kappa shape index (κ2) is 9.37. The van der Waals surface area contributed by atoms with E-state index in [-0.39, 0.29) is 11.9 Å². The van der Waals surface area contributed by atoms with Gasteiger partial charge in [-0.2, -0.15) is 5.10 Å². The van der Waals surface area contributed by atoms with Crippen LogP contribution in [0.1, 0.15) is 48.4 Å². The van der Waals surface area contributed by atoms with Gasteiger partial charge in [0.25, 0.3) is 0 Å². The van der Waals surface area contributed by atoms with Crippen molar-refractivity contribution >= 4 is 18.1 Å². The van der Waals surface area contributed by atoms with Gasteiger partial charge in [-0.3, -0.25) is 9.48 Å². The summed E-state index contributed by atoms with van der Waals surface area (Å²) in [5.74, 6) is 2.09. The molecule has 4 aromatic rings. The molecule has 2 aliphatic rings. The van der Waals surface area contributed by atoms with Crippen LogP contribution in [0.3, 0.4) is 0 Å². The largest absolute Gasteiger partial charge is 0.442 e. The lowest BCUT2D eigenvalue weighted by Crippen LogP contribution is -2.27. The third-order valence-corrected chi connectivity index (χ3v) is 6.71. The number of rotatable bonds is 7. The number of carbonyl (C=O) groups is 1. The molecule has 1 aliphatic carbocycles. The van der Waals surface area contributed by atoms with Crippen molar-refractivity contribution in [1.29, 1.82) is 0 Å². The van der Waals surface area contributed by atoms with Gasteiger partial charge in [0, 0.05) is 48.6 Å². The molecule has 8 heteroatoms. The van der Waals surface area contributed by atoms with E-state index in [1.807, 2.05) is 58.4 Å². The lowest BCUT2D eigenvalue weighted by molar-refractivity contribution is -0.125. The van der Waals surface area contributed by atoms with Gasteiger partial charge in [0.2, 0.25) is 11.8 Å². The molecule has 4 heterocycles. The molecule has 1 atom stereocenters. The Balaban J connectivity index is 1.31. The van der Waals surface area contributed by atoms with Crippen molar-refractivity contribution in [3.05, 3.63) is 85.1 Å². The van der Waals surface area contributed by atoms with E-state index in [4.69, 9.17) is 9.52 Å². The van der Waals surface area contributed by atoms with Crippen molar-refractivity contribution in [3.8, 4) is 22.5 Å². The highest BCUT2D eigenvalue weighted by atomic mass is 16.4. The maximum Gasteiger partial charge on any atom is 0.246 e. The number of benzene rings is 1. The molecule has 8 nitrogen and oxygen atoms in total. The van der Waals surface area contributed by atoms with Crippen LogP contribution in [0.2, 0.25) is 0 Å². The third-order valence-electron chi connectivity index (χ3n) is 6.71. The Kier molecular flexibility index (Phi) is 5.77. The zero-order valence-electron chi connectivity index (χ0n) is 19.8. The summed E-state index contributed by atoms with van der Waals surface area (Å²) < 4.78 is 7.82. The van der Waals surface area contributed by atoms with Crippen molar-refractivity contribution in [3.63, 3.8) is 0 Å². The number of oxazole rings is 1. The van der Waals surface area contributed by atoms with E-state index in [0.29, 0.717) is 24.9 Å². The van der Waals surface area contributed by atoms with Gasteiger partial charge in [-0.1, -0.05) is 24.8 Å². The highest BCUT2D eigenvalue weighted by molar-refractivity contribution is 5.87. The second-order valence-electron chi connectivity index (χ2n) is 9.23. The van der Waals surface area contributed by atoms with E-state index < -0.39 is 0 Å². The minimum Gasteiger partial charge on any atom is -0.442 e. The molecule has 3 aromatic heterocycles. The van der Waals surface area contributed by atoms with Crippen LogP contribution in [0.15, 0.2) is 72.3 Å². The van der Waals surface area contributed by atoms with Gasteiger partial charge in [-0.25, -0.2) is 15.0 Å². The summed E-state index contributed by atoms with van der Waals surface area (Å²) >= 11 is 0. The SMILES string of the molecule is C=CC(=O)N1CC[C@H](n2cc(-c3ccncn3)c(-c3cccc(/C=C/c4ncc(C5CC5)o4)c3)n2)C1. The molecule has 0 radical (unpaired) electrons. The molecule has 1 saturated heterocycles. The fourth-order valence-corrected chi connectivity index (χ4v) is 4.61. The van der Waals surface area contributed by atoms with Gasteiger partial charge in [0.1, 0.15) is 17.8 Å². The summed E-state index contributed by atoms with van der Waals surface area (Å²) in [6.07, 6.45) is 15.6. The van der Waals surface area contributed by atoms with Crippen molar-refractivity contribution < 1.29 is 9.21 Å². The van der Waals surface area contributed by atoms with Gasteiger partial charge in [-0.05, 0) is 49.1 Å². The molecule has 6 rings (SSSR count). The quantitative estimate of drug-likeness (QED) is 0.347. The fraction of sp³-hybridized carbons (Fsp3) is 0.250. The Bertz CT molecular complexity index is 1430. The molecule has 1 aliphatic heterocycles. The van der Waals surface area contributed by atoms with Gasteiger partial charge >= 0.3 is 0 Å². The smallest absolute Gasteiger partial charge is 0.246 e. The molecule has 1 aromatic carbocycles. The molecule has 1 saturated carbocycles. The van der Waals surface area contributed by atoms with Crippen LogP contribution in [0.25, 0.3) is 34.7 Å². The van der Waals surface area contributed by atoms with E-state index >= 15 is 0 Å². The fourth-order valence-electron chi connectivity index (χ4n) is 4.61.